The molecule has 4 nitrogen and oxygen atoms in total. The van der Waals surface area contributed by atoms with Crippen molar-refractivity contribution in [2.24, 2.45) is 0 Å². The quantitative estimate of drug-likeness (QED) is 0.764. The number of carbonyl (C=O) groups is 1. The summed E-state index contributed by atoms with van der Waals surface area (Å²) in [4.78, 5) is 12.9. The number of rotatable bonds is 5. The van der Waals surface area contributed by atoms with Gasteiger partial charge >= 0.3 is 0 Å². The van der Waals surface area contributed by atoms with E-state index in [1.165, 1.54) is 0 Å². The van der Waals surface area contributed by atoms with Crippen LogP contribution in [0.2, 0.25) is 0 Å². The zero-order chi connectivity index (χ0) is 20.5. The van der Waals surface area contributed by atoms with Crippen LogP contribution in [0.3, 0.4) is 0 Å². The molecule has 0 bridgehead atoms. The molecule has 0 radical (unpaired) electrons. The summed E-state index contributed by atoms with van der Waals surface area (Å²) in [7, 11) is 0. The molecule has 1 aliphatic rings. The Hall–Kier alpha value is -2.49. The molecule has 0 saturated heterocycles. The van der Waals surface area contributed by atoms with Crippen molar-refractivity contribution < 1.29 is 14.3 Å². The Morgan fingerprint density at radius 3 is 2.61 bits per heavy atom. The van der Waals surface area contributed by atoms with Crippen LogP contribution >= 0.6 is 0 Å². The first-order valence-electron chi connectivity index (χ1n) is 10.0. The Morgan fingerprint density at radius 2 is 1.89 bits per heavy atom. The molecule has 0 unspecified atom stereocenters. The number of fused-ring (bicyclic) bond motifs is 1. The number of ether oxygens (including phenoxy) is 2. The summed E-state index contributed by atoms with van der Waals surface area (Å²) in [5.41, 5.74) is 2.93. The minimum Gasteiger partial charge on any atom is -0.487 e. The maximum absolute atomic E-state index is 12.9. The second-order valence-electron chi connectivity index (χ2n) is 8.62. The largest absolute Gasteiger partial charge is 0.487 e. The van der Waals surface area contributed by atoms with Crippen LogP contribution in [0.1, 0.15) is 69.7 Å². The molecule has 0 aromatic heterocycles. The normalized spacial score (nSPS) is 18.8. The molecule has 0 saturated carbocycles. The predicted molar refractivity (Wildman–Crippen MR) is 112 cm³/mol. The first kappa shape index (κ1) is 20.2. The van der Waals surface area contributed by atoms with Gasteiger partial charge in [-0.3, -0.25) is 4.79 Å². The number of nitrogens with one attached hydrogen (secondary N) is 1. The molecule has 0 fully saturated rings. The lowest BCUT2D eigenvalue weighted by Gasteiger charge is -2.38. The first-order valence-corrected chi connectivity index (χ1v) is 10.0. The van der Waals surface area contributed by atoms with E-state index in [1.54, 1.807) is 6.92 Å². The van der Waals surface area contributed by atoms with Gasteiger partial charge in [0, 0.05) is 12.0 Å². The lowest BCUT2D eigenvalue weighted by atomic mass is 9.89. The fraction of sp³-hybridized carbons (Fsp3) is 0.458. The SMILES string of the molecule is Cc1ccc2c(c1)OC(C)(C)C[C@H]2NC(=O)[C@H](C)Oc1ccccc1C(C)C. The van der Waals surface area contributed by atoms with Gasteiger partial charge in [0.25, 0.3) is 5.91 Å². The van der Waals surface area contributed by atoms with Crippen LogP contribution in [-0.2, 0) is 4.79 Å². The molecule has 1 aliphatic heterocycles. The van der Waals surface area contributed by atoms with E-state index >= 15 is 0 Å². The van der Waals surface area contributed by atoms with Crippen molar-refractivity contribution in [1.29, 1.82) is 0 Å². The highest BCUT2D eigenvalue weighted by atomic mass is 16.5. The topological polar surface area (TPSA) is 47.6 Å². The summed E-state index contributed by atoms with van der Waals surface area (Å²) >= 11 is 0. The van der Waals surface area contributed by atoms with Crippen LogP contribution in [0.15, 0.2) is 42.5 Å². The van der Waals surface area contributed by atoms with E-state index in [9.17, 15) is 4.79 Å². The Bertz CT molecular complexity index is 857. The smallest absolute Gasteiger partial charge is 0.261 e. The Kier molecular flexibility index (Phi) is 5.69. The van der Waals surface area contributed by atoms with E-state index in [0.717, 1.165) is 28.2 Å². The molecular weight excluding hydrogens is 350 g/mol. The van der Waals surface area contributed by atoms with Gasteiger partial charge in [0.05, 0.1) is 6.04 Å². The Balaban J connectivity index is 1.76. The van der Waals surface area contributed by atoms with Gasteiger partial charge in [-0.1, -0.05) is 44.2 Å². The second kappa shape index (κ2) is 7.86. The van der Waals surface area contributed by atoms with Crippen LogP contribution in [0.25, 0.3) is 0 Å². The zero-order valence-corrected chi connectivity index (χ0v) is 17.7. The Morgan fingerprint density at radius 1 is 1.18 bits per heavy atom. The summed E-state index contributed by atoms with van der Waals surface area (Å²) < 4.78 is 12.2. The lowest BCUT2D eigenvalue weighted by Crippen LogP contribution is -2.44. The van der Waals surface area contributed by atoms with Crippen molar-refractivity contribution in [3.05, 3.63) is 59.2 Å². The minimum absolute atomic E-state index is 0.0988. The van der Waals surface area contributed by atoms with Crippen LogP contribution in [0, 0.1) is 6.92 Å². The standard InChI is InChI=1S/C24H31NO3/c1-15(2)18-9-7-8-10-21(18)27-17(4)23(26)25-20-14-24(5,6)28-22-13-16(3)11-12-19(20)22/h7-13,15,17,20H,14H2,1-6H3,(H,25,26)/t17-,20+/m0/s1. The highest BCUT2D eigenvalue weighted by Gasteiger charge is 2.35. The second-order valence-corrected chi connectivity index (χ2v) is 8.62. The van der Waals surface area contributed by atoms with Gasteiger partial charge < -0.3 is 14.8 Å². The third kappa shape index (κ3) is 4.49. The van der Waals surface area contributed by atoms with Crippen molar-refractivity contribution >= 4 is 5.91 Å². The molecule has 1 N–H and O–H groups in total. The van der Waals surface area contributed by atoms with Crippen molar-refractivity contribution in [2.45, 2.75) is 71.6 Å². The molecule has 2 atom stereocenters. The van der Waals surface area contributed by atoms with Crippen molar-refractivity contribution in [2.75, 3.05) is 0 Å². The number of aryl methyl sites for hydroxylation is 1. The van der Waals surface area contributed by atoms with E-state index < -0.39 is 6.10 Å². The van der Waals surface area contributed by atoms with E-state index in [4.69, 9.17) is 9.47 Å². The van der Waals surface area contributed by atoms with Gasteiger partial charge in [-0.25, -0.2) is 0 Å². The van der Waals surface area contributed by atoms with Crippen LogP contribution in [-0.4, -0.2) is 17.6 Å². The summed E-state index contributed by atoms with van der Waals surface area (Å²) in [6, 6.07) is 13.9. The maximum atomic E-state index is 12.9. The molecule has 2 aromatic carbocycles. The van der Waals surface area contributed by atoms with E-state index in [-0.39, 0.29) is 17.6 Å². The predicted octanol–water partition coefficient (Wildman–Crippen LogP) is 5.30. The van der Waals surface area contributed by atoms with Gasteiger partial charge in [-0.2, -0.15) is 0 Å². The summed E-state index contributed by atoms with van der Waals surface area (Å²) in [6.45, 7) is 12.2. The lowest BCUT2D eigenvalue weighted by molar-refractivity contribution is -0.128. The third-order valence-corrected chi connectivity index (χ3v) is 5.16. The number of hydrogen-bond acceptors (Lipinski definition) is 3. The molecule has 4 heteroatoms. The fourth-order valence-corrected chi connectivity index (χ4v) is 3.69. The van der Waals surface area contributed by atoms with Crippen LogP contribution in [0.5, 0.6) is 11.5 Å². The minimum atomic E-state index is -0.584. The number of para-hydroxylation sites is 1. The molecule has 1 heterocycles. The average Bonchev–Trinajstić information content (AvgIpc) is 2.60. The summed E-state index contributed by atoms with van der Waals surface area (Å²) in [5.74, 6) is 1.83. The van der Waals surface area contributed by atoms with Crippen LogP contribution in [0.4, 0.5) is 0 Å². The van der Waals surface area contributed by atoms with Gasteiger partial charge in [0.2, 0.25) is 0 Å². The van der Waals surface area contributed by atoms with E-state index in [2.05, 4.69) is 39.1 Å². The van der Waals surface area contributed by atoms with E-state index in [0.29, 0.717) is 12.3 Å². The van der Waals surface area contributed by atoms with Crippen molar-refractivity contribution in [3.63, 3.8) is 0 Å². The molecular formula is C24H31NO3. The van der Waals surface area contributed by atoms with E-state index in [1.807, 2.05) is 43.3 Å². The molecule has 0 spiro atoms. The van der Waals surface area contributed by atoms with Gasteiger partial charge in [-0.15, -0.1) is 0 Å². The summed E-state index contributed by atoms with van der Waals surface area (Å²) in [6.07, 6.45) is 0.129. The Labute approximate surface area is 168 Å². The third-order valence-electron chi connectivity index (χ3n) is 5.16. The number of amides is 1. The first-order chi connectivity index (χ1) is 13.2. The van der Waals surface area contributed by atoms with Crippen LogP contribution < -0.4 is 14.8 Å². The molecule has 1 amide bonds. The highest BCUT2D eigenvalue weighted by Crippen LogP contribution is 2.40. The molecule has 3 rings (SSSR count). The fourth-order valence-electron chi connectivity index (χ4n) is 3.69. The summed E-state index contributed by atoms with van der Waals surface area (Å²) in [5, 5.41) is 3.17. The molecule has 28 heavy (non-hydrogen) atoms. The van der Waals surface area contributed by atoms with Gasteiger partial charge in [0.15, 0.2) is 6.10 Å². The number of hydrogen-bond donors (Lipinski definition) is 1. The van der Waals surface area contributed by atoms with Crippen molar-refractivity contribution in [1.82, 2.24) is 5.32 Å². The average molecular weight is 382 g/mol. The maximum Gasteiger partial charge on any atom is 0.261 e. The monoisotopic (exact) mass is 381 g/mol. The number of benzene rings is 2. The zero-order valence-electron chi connectivity index (χ0n) is 17.7. The van der Waals surface area contributed by atoms with Gasteiger partial charge in [-0.05, 0) is 56.9 Å². The molecule has 150 valence electrons. The van der Waals surface area contributed by atoms with Gasteiger partial charge in [0.1, 0.15) is 17.1 Å². The molecule has 0 aliphatic carbocycles. The molecule has 2 aromatic rings. The number of carbonyl (C=O) groups excluding carboxylic acids is 1. The van der Waals surface area contributed by atoms with Crippen molar-refractivity contribution in [3.8, 4) is 11.5 Å². The highest BCUT2D eigenvalue weighted by molar-refractivity contribution is 5.81.